The molecule has 1 aromatic heterocycles. The van der Waals surface area contributed by atoms with Gasteiger partial charge >= 0.3 is 0 Å². The lowest BCUT2D eigenvalue weighted by molar-refractivity contribution is 0.0975. The number of carbonyl (C=O) groups is 1. The molecule has 5 rings (SSSR count). The molecule has 0 bridgehead atoms. The quantitative estimate of drug-likeness (QED) is 0.670. The minimum atomic E-state index is -0.0287. The fourth-order valence-electron chi connectivity index (χ4n) is 4.35. The molecule has 0 N–H and O–H groups in total. The van der Waals surface area contributed by atoms with Gasteiger partial charge in [0.2, 0.25) is 0 Å². The molecule has 0 fully saturated rings. The number of hydrogen-bond acceptors (Lipinski definition) is 3. The molecule has 3 heterocycles. The van der Waals surface area contributed by atoms with Crippen molar-refractivity contribution in [2.75, 3.05) is 4.90 Å². The Bertz CT molecular complexity index is 1130. The van der Waals surface area contributed by atoms with Gasteiger partial charge in [-0.3, -0.25) is 14.2 Å². The zero-order chi connectivity index (χ0) is 18.5. The smallest absolute Gasteiger partial charge is 0.261 e. The van der Waals surface area contributed by atoms with Crippen LogP contribution in [0.4, 0.5) is 5.69 Å². The summed E-state index contributed by atoms with van der Waals surface area (Å²) >= 11 is 0. The summed E-state index contributed by atoms with van der Waals surface area (Å²) in [5, 5.41) is 0.587. The standard InChI is InChI=1S/C22H21N3O2/c1-14-8-9-15-5-2-3-6-19(15)25(14)21(26)16-10-11-17-18(13-16)23-20-7-4-12-24(20)22(17)27/h2-3,5-6,10-11,13-14H,4,7-9,12H2,1H3/t14-/m1/s1. The molecule has 27 heavy (non-hydrogen) atoms. The fourth-order valence-corrected chi connectivity index (χ4v) is 4.35. The number of fused-ring (bicyclic) bond motifs is 3. The van der Waals surface area contributed by atoms with Crippen LogP contribution < -0.4 is 10.5 Å². The van der Waals surface area contributed by atoms with E-state index in [0.717, 1.165) is 43.7 Å². The normalized spacial score (nSPS) is 18.4. The number of rotatable bonds is 1. The minimum absolute atomic E-state index is 0.00295. The Morgan fingerprint density at radius 3 is 2.89 bits per heavy atom. The largest absolute Gasteiger partial charge is 0.305 e. The first-order chi connectivity index (χ1) is 13.1. The van der Waals surface area contributed by atoms with E-state index in [1.165, 1.54) is 5.56 Å². The maximum Gasteiger partial charge on any atom is 0.261 e. The van der Waals surface area contributed by atoms with Gasteiger partial charge < -0.3 is 4.90 Å². The highest BCUT2D eigenvalue weighted by atomic mass is 16.2. The van der Waals surface area contributed by atoms with Gasteiger partial charge in [-0.1, -0.05) is 18.2 Å². The highest BCUT2D eigenvalue weighted by molar-refractivity contribution is 6.08. The molecule has 5 heteroatoms. The molecule has 5 nitrogen and oxygen atoms in total. The highest BCUT2D eigenvalue weighted by Gasteiger charge is 2.29. The zero-order valence-corrected chi connectivity index (χ0v) is 15.3. The van der Waals surface area contributed by atoms with E-state index >= 15 is 0 Å². The topological polar surface area (TPSA) is 55.2 Å². The summed E-state index contributed by atoms with van der Waals surface area (Å²) in [5.41, 5.74) is 3.41. The molecular formula is C22H21N3O2. The van der Waals surface area contributed by atoms with Crippen LogP contribution in [0.1, 0.15) is 41.5 Å². The lowest BCUT2D eigenvalue weighted by Crippen LogP contribution is -2.42. The van der Waals surface area contributed by atoms with Crippen molar-refractivity contribution < 1.29 is 4.79 Å². The highest BCUT2D eigenvalue weighted by Crippen LogP contribution is 2.32. The van der Waals surface area contributed by atoms with Crippen LogP contribution in [0.2, 0.25) is 0 Å². The van der Waals surface area contributed by atoms with Crippen molar-refractivity contribution in [2.45, 2.75) is 45.2 Å². The van der Waals surface area contributed by atoms with Crippen molar-refractivity contribution in [3.8, 4) is 0 Å². The van der Waals surface area contributed by atoms with Gasteiger partial charge in [0.05, 0.1) is 10.9 Å². The van der Waals surface area contributed by atoms with Crippen LogP contribution in [0.25, 0.3) is 10.9 Å². The monoisotopic (exact) mass is 359 g/mol. The lowest BCUT2D eigenvalue weighted by Gasteiger charge is -2.35. The number of amides is 1. The van der Waals surface area contributed by atoms with Crippen LogP contribution in [0.5, 0.6) is 0 Å². The SMILES string of the molecule is C[C@@H]1CCc2ccccc2N1C(=O)c1ccc2c(=O)n3c(nc2c1)CCC3. The average Bonchev–Trinajstić information content (AvgIpc) is 3.16. The summed E-state index contributed by atoms with van der Waals surface area (Å²) in [6, 6.07) is 13.5. The van der Waals surface area contributed by atoms with Crippen molar-refractivity contribution in [2.24, 2.45) is 0 Å². The van der Waals surface area contributed by atoms with Crippen molar-refractivity contribution in [1.82, 2.24) is 9.55 Å². The Morgan fingerprint density at radius 2 is 2.00 bits per heavy atom. The minimum Gasteiger partial charge on any atom is -0.305 e. The zero-order valence-electron chi connectivity index (χ0n) is 15.3. The molecule has 0 aliphatic carbocycles. The number of para-hydroxylation sites is 1. The third-order valence-corrected chi connectivity index (χ3v) is 5.81. The molecule has 0 spiro atoms. The van der Waals surface area contributed by atoms with Gasteiger partial charge in [-0.05, 0) is 56.0 Å². The Balaban J connectivity index is 1.61. The summed E-state index contributed by atoms with van der Waals surface area (Å²) in [7, 11) is 0. The number of hydrogen-bond donors (Lipinski definition) is 0. The van der Waals surface area contributed by atoms with E-state index in [1.807, 2.05) is 23.1 Å². The van der Waals surface area contributed by atoms with Crippen molar-refractivity contribution in [1.29, 1.82) is 0 Å². The van der Waals surface area contributed by atoms with E-state index in [9.17, 15) is 9.59 Å². The predicted octanol–water partition coefficient (Wildman–Crippen LogP) is 3.32. The molecule has 3 aromatic rings. The molecule has 0 saturated heterocycles. The first-order valence-corrected chi connectivity index (χ1v) is 9.58. The van der Waals surface area contributed by atoms with E-state index in [1.54, 1.807) is 22.8 Å². The number of nitrogens with zero attached hydrogens (tertiary/aromatic N) is 3. The second kappa shape index (κ2) is 6.05. The van der Waals surface area contributed by atoms with E-state index in [4.69, 9.17) is 0 Å². The van der Waals surface area contributed by atoms with Crippen LogP contribution in [0.3, 0.4) is 0 Å². The first-order valence-electron chi connectivity index (χ1n) is 9.58. The maximum atomic E-state index is 13.4. The third kappa shape index (κ3) is 2.49. The Hall–Kier alpha value is -2.95. The van der Waals surface area contributed by atoms with E-state index in [2.05, 4.69) is 18.0 Å². The van der Waals surface area contributed by atoms with Crippen LogP contribution >= 0.6 is 0 Å². The Kier molecular flexibility index (Phi) is 3.64. The summed E-state index contributed by atoms with van der Waals surface area (Å²) in [5.74, 6) is 0.799. The molecule has 0 saturated carbocycles. The summed E-state index contributed by atoms with van der Waals surface area (Å²) in [6.45, 7) is 2.83. The van der Waals surface area contributed by atoms with E-state index < -0.39 is 0 Å². The van der Waals surface area contributed by atoms with Crippen molar-refractivity contribution >= 4 is 22.5 Å². The van der Waals surface area contributed by atoms with Gasteiger partial charge in [0.15, 0.2) is 0 Å². The van der Waals surface area contributed by atoms with Crippen molar-refractivity contribution in [3.63, 3.8) is 0 Å². The van der Waals surface area contributed by atoms with Crippen LogP contribution in [-0.2, 0) is 19.4 Å². The summed E-state index contributed by atoms with van der Waals surface area (Å²) in [6.07, 6.45) is 3.71. The van der Waals surface area contributed by atoms with Gasteiger partial charge in [0, 0.05) is 30.3 Å². The predicted molar refractivity (Wildman–Crippen MR) is 105 cm³/mol. The van der Waals surface area contributed by atoms with Gasteiger partial charge in [0.1, 0.15) is 5.82 Å². The number of benzene rings is 2. The van der Waals surface area contributed by atoms with Gasteiger partial charge in [0.25, 0.3) is 11.5 Å². The van der Waals surface area contributed by atoms with E-state index in [0.29, 0.717) is 16.5 Å². The van der Waals surface area contributed by atoms with Gasteiger partial charge in [-0.15, -0.1) is 0 Å². The number of carbonyl (C=O) groups excluding carboxylic acids is 1. The molecule has 2 aliphatic heterocycles. The molecule has 2 aromatic carbocycles. The second-order valence-electron chi connectivity index (χ2n) is 7.51. The van der Waals surface area contributed by atoms with Crippen LogP contribution in [-0.4, -0.2) is 21.5 Å². The third-order valence-electron chi connectivity index (χ3n) is 5.81. The lowest BCUT2D eigenvalue weighted by atomic mass is 9.95. The number of anilines is 1. The number of aromatic nitrogens is 2. The molecular weight excluding hydrogens is 338 g/mol. The molecule has 136 valence electrons. The molecule has 1 atom stereocenters. The van der Waals surface area contributed by atoms with Crippen LogP contribution in [0.15, 0.2) is 47.3 Å². The van der Waals surface area contributed by atoms with Gasteiger partial charge in [-0.2, -0.15) is 0 Å². The summed E-state index contributed by atoms with van der Waals surface area (Å²) < 4.78 is 1.76. The molecule has 2 aliphatic rings. The molecule has 0 radical (unpaired) electrons. The van der Waals surface area contributed by atoms with Crippen molar-refractivity contribution in [3.05, 3.63) is 69.8 Å². The van der Waals surface area contributed by atoms with E-state index in [-0.39, 0.29) is 17.5 Å². The second-order valence-corrected chi connectivity index (χ2v) is 7.51. The van der Waals surface area contributed by atoms with Crippen LogP contribution in [0, 0.1) is 0 Å². The summed E-state index contributed by atoms with van der Waals surface area (Å²) in [4.78, 5) is 32.5. The maximum absolute atomic E-state index is 13.4. The Labute approximate surface area is 157 Å². The molecule has 1 amide bonds. The van der Waals surface area contributed by atoms with Gasteiger partial charge in [-0.25, -0.2) is 4.98 Å². The number of aryl methyl sites for hydroxylation is 2. The Morgan fingerprint density at radius 1 is 1.15 bits per heavy atom. The average molecular weight is 359 g/mol. The first kappa shape index (κ1) is 16.2. The molecule has 0 unspecified atom stereocenters. The fraction of sp³-hybridized carbons (Fsp3) is 0.318.